The van der Waals surface area contributed by atoms with Crippen molar-refractivity contribution in [3.05, 3.63) is 29.3 Å². The van der Waals surface area contributed by atoms with Crippen molar-refractivity contribution in [3.63, 3.8) is 0 Å². The average molecular weight is 274 g/mol. The van der Waals surface area contributed by atoms with E-state index in [9.17, 15) is 0 Å². The summed E-state index contributed by atoms with van der Waals surface area (Å²) >= 11 is 0. The number of rotatable bonds is 4. The number of likely N-dealkylation sites (tertiary alicyclic amines) is 1. The van der Waals surface area contributed by atoms with Gasteiger partial charge in [0.1, 0.15) is 5.75 Å². The molecule has 0 aliphatic carbocycles. The third kappa shape index (κ3) is 2.99. The zero-order valence-electron chi connectivity index (χ0n) is 12.5. The van der Waals surface area contributed by atoms with Crippen LogP contribution in [0.3, 0.4) is 0 Å². The van der Waals surface area contributed by atoms with Gasteiger partial charge >= 0.3 is 0 Å². The Balaban J connectivity index is 1.58. The van der Waals surface area contributed by atoms with Crippen molar-refractivity contribution < 1.29 is 4.74 Å². The molecule has 3 nitrogen and oxygen atoms in total. The van der Waals surface area contributed by atoms with E-state index in [0.717, 1.165) is 44.2 Å². The third-order valence-corrected chi connectivity index (χ3v) is 4.81. The molecule has 1 aromatic carbocycles. The summed E-state index contributed by atoms with van der Waals surface area (Å²) in [7, 11) is 0. The highest BCUT2D eigenvalue weighted by Crippen LogP contribution is 2.27. The third-order valence-electron chi connectivity index (χ3n) is 4.81. The fourth-order valence-electron chi connectivity index (χ4n) is 3.51. The molecule has 0 aromatic heterocycles. The molecule has 2 atom stereocenters. The first-order valence-electron chi connectivity index (χ1n) is 7.95. The lowest BCUT2D eigenvalue weighted by atomic mass is 9.92. The minimum Gasteiger partial charge on any atom is -0.493 e. The van der Waals surface area contributed by atoms with Crippen molar-refractivity contribution in [3.8, 4) is 5.75 Å². The van der Waals surface area contributed by atoms with Gasteiger partial charge in [-0.3, -0.25) is 4.90 Å². The predicted octanol–water partition coefficient (Wildman–Crippen LogP) is 2.22. The van der Waals surface area contributed by atoms with Gasteiger partial charge in [-0.15, -0.1) is 0 Å². The standard InChI is InChI=1S/C17H26N2O/c1-13-4-7-19(16(10-13)12-18)8-5-14-2-3-17-15(11-14)6-9-20-17/h2-3,11,13,16H,4-10,12,18H2,1H3. The van der Waals surface area contributed by atoms with Crippen molar-refractivity contribution >= 4 is 0 Å². The smallest absolute Gasteiger partial charge is 0.122 e. The molecule has 3 rings (SSSR count). The van der Waals surface area contributed by atoms with Gasteiger partial charge in [-0.05, 0) is 48.9 Å². The van der Waals surface area contributed by atoms with Gasteiger partial charge in [-0.1, -0.05) is 19.1 Å². The van der Waals surface area contributed by atoms with Crippen LogP contribution >= 0.6 is 0 Å². The molecule has 0 amide bonds. The summed E-state index contributed by atoms with van der Waals surface area (Å²) in [4.78, 5) is 2.59. The topological polar surface area (TPSA) is 38.5 Å². The van der Waals surface area contributed by atoms with Crippen molar-refractivity contribution in [1.82, 2.24) is 4.90 Å². The zero-order chi connectivity index (χ0) is 13.9. The fraction of sp³-hybridized carbons (Fsp3) is 0.647. The summed E-state index contributed by atoms with van der Waals surface area (Å²) in [5, 5.41) is 0. The highest BCUT2D eigenvalue weighted by molar-refractivity contribution is 5.39. The number of fused-ring (bicyclic) bond motifs is 1. The lowest BCUT2D eigenvalue weighted by Gasteiger charge is -2.38. The number of benzene rings is 1. The molecular formula is C17H26N2O. The normalized spacial score (nSPS) is 26.3. The number of hydrogen-bond donors (Lipinski definition) is 1. The molecule has 110 valence electrons. The first-order valence-corrected chi connectivity index (χ1v) is 7.95. The summed E-state index contributed by atoms with van der Waals surface area (Å²) in [5.74, 6) is 1.91. The van der Waals surface area contributed by atoms with Gasteiger partial charge in [0, 0.05) is 25.6 Å². The van der Waals surface area contributed by atoms with E-state index in [0.29, 0.717) is 6.04 Å². The molecule has 1 saturated heterocycles. The molecule has 0 saturated carbocycles. The summed E-state index contributed by atoms with van der Waals surface area (Å²) in [5.41, 5.74) is 8.75. The molecule has 0 radical (unpaired) electrons. The summed E-state index contributed by atoms with van der Waals surface area (Å²) in [6.07, 6.45) is 4.76. The van der Waals surface area contributed by atoms with Gasteiger partial charge in [0.25, 0.3) is 0 Å². The van der Waals surface area contributed by atoms with Crippen LogP contribution in [-0.4, -0.2) is 37.2 Å². The lowest BCUT2D eigenvalue weighted by molar-refractivity contribution is 0.124. The molecule has 1 fully saturated rings. The number of piperidine rings is 1. The molecule has 2 aliphatic heterocycles. The van der Waals surface area contributed by atoms with E-state index in [4.69, 9.17) is 10.5 Å². The van der Waals surface area contributed by atoms with E-state index >= 15 is 0 Å². The van der Waals surface area contributed by atoms with E-state index in [2.05, 4.69) is 30.0 Å². The van der Waals surface area contributed by atoms with Crippen molar-refractivity contribution in [2.45, 2.75) is 38.6 Å². The van der Waals surface area contributed by atoms with Gasteiger partial charge < -0.3 is 10.5 Å². The van der Waals surface area contributed by atoms with E-state index < -0.39 is 0 Å². The highest BCUT2D eigenvalue weighted by atomic mass is 16.5. The predicted molar refractivity (Wildman–Crippen MR) is 82.2 cm³/mol. The first-order chi connectivity index (χ1) is 9.76. The molecule has 2 heterocycles. The summed E-state index contributed by atoms with van der Waals surface area (Å²) in [6, 6.07) is 7.26. The molecule has 0 spiro atoms. The molecule has 2 N–H and O–H groups in total. The maximum Gasteiger partial charge on any atom is 0.122 e. The minimum atomic E-state index is 0.580. The molecule has 20 heavy (non-hydrogen) atoms. The number of hydrogen-bond acceptors (Lipinski definition) is 3. The Labute approximate surface area is 122 Å². The summed E-state index contributed by atoms with van der Waals surface area (Å²) < 4.78 is 5.57. The average Bonchev–Trinajstić information content (AvgIpc) is 2.93. The van der Waals surface area contributed by atoms with Crippen LogP contribution < -0.4 is 10.5 Å². The van der Waals surface area contributed by atoms with Crippen LogP contribution in [-0.2, 0) is 12.8 Å². The Bertz CT molecular complexity index is 460. The highest BCUT2D eigenvalue weighted by Gasteiger charge is 2.24. The number of nitrogens with zero attached hydrogens (tertiary/aromatic N) is 1. The number of ether oxygens (including phenoxy) is 1. The van der Waals surface area contributed by atoms with Crippen LogP contribution in [0.1, 0.15) is 30.9 Å². The molecular weight excluding hydrogens is 248 g/mol. The maximum atomic E-state index is 5.94. The second-order valence-corrected chi connectivity index (χ2v) is 6.35. The van der Waals surface area contributed by atoms with Crippen molar-refractivity contribution in [2.24, 2.45) is 11.7 Å². The number of nitrogens with two attached hydrogens (primary N) is 1. The van der Waals surface area contributed by atoms with Crippen LogP contribution in [0.15, 0.2) is 18.2 Å². The van der Waals surface area contributed by atoms with Gasteiger partial charge in [-0.25, -0.2) is 0 Å². The van der Waals surface area contributed by atoms with Gasteiger partial charge in [0.2, 0.25) is 0 Å². The molecule has 2 unspecified atom stereocenters. The fourth-order valence-corrected chi connectivity index (χ4v) is 3.51. The Morgan fingerprint density at radius 1 is 1.40 bits per heavy atom. The van der Waals surface area contributed by atoms with E-state index in [-0.39, 0.29) is 0 Å². The maximum absolute atomic E-state index is 5.94. The Morgan fingerprint density at radius 2 is 2.30 bits per heavy atom. The van der Waals surface area contributed by atoms with Gasteiger partial charge in [0.15, 0.2) is 0 Å². The second-order valence-electron chi connectivity index (χ2n) is 6.35. The van der Waals surface area contributed by atoms with Gasteiger partial charge in [-0.2, -0.15) is 0 Å². The first kappa shape index (κ1) is 13.9. The van der Waals surface area contributed by atoms with E-state index in [1.54, 1.807) is 0 Å². The second kappa shape index (κ2) is 6.15. The van der Waals surface area contributed by atoms with Crippen molar-refractivity contribution in [1.29, 1.82) is 0 Å². The Kier molecular flexibility index (Phi) is 4.27. The largest absolute Gasteiger partial charge is 0.493 e. The Morgan fingerprint density at radius 3 is 3.15 bits per heavy atom. The quantitative estimate of drug-likeness (QED) is 0.915. The zero-order valence-corrected chi connectivity index (χ0v) is 12.5. The summed E-state index contributed by atoms with van der Waals surface area (Å²) in [6.45, 7) is 6.33. The monoisotopic (exact) mass is 274 g/mol. The molecule has 0 bridgehead atoms. The SMILES string of the molecule is CC1CCN(CCc2ccc3c(c2)CCO3)C(CN)C1. The van der Waals surface area contributed by atoms with Crippen LogP contribution in [0.25, 0.3) is 0 Å². The van der Waals surface area contributed by atoms with Crippen LogP contribution in [0.5, 0.6) is 5.75 Å². The lowest BCUT2D eigenvalue weighted by Crippen LogP contribution is -2.46. The molecule has 1 aromatic rings. The van der Waals surface area contributed by atoms with E-state index in [1.807, 2.05) is 0 Å². The van der Waals surface area contributed by atoms with Crippen LogP contribution in [0, 0.1) is 5.92 Å². The van der Waals surface area contributed by atoms with Crippen LogP contribution in [0.2, 0.25) is 0 Å². The Hall–Kier alpha value is -1.06. The molecule has 2 aliphatic rings. The van der Waals surface area contributed by atoms with Gasteiger partial charge in [0.05, 0.1) is 6.61 Å². The molecule has 3 heteroatoms. The van der Waals surface area contributed by atoms with Crippen LogP contribution in [0.4, 0.5) is 0 Å². The van der Waals surface area contributed by atoms with E-state index in [1.165, 1.54) is 30.5 Å². The minimum absolute atomic E-state index is 0.580. The van der Waals surface area contributed by atoms with Crippen molar-refractivity contribution in [2.75, 3.05) is 26.2 Å².